The van der Waals surface area contributed by atoms with Gasteiger partial charge in [0, 0.05) is 17.2 Å². The number of methoxy groups -OCH3 is 1. The second-order valence-electron chi connectivity index (χ2n) is 5.29. The van der Waals surface area contributed by atoms with Crippen LogP contribution < -0.4 is 9.46 Å². The third-order valence-electron chi connectivity index (χ3n) is 3.66. The predicted molar refractivity (Wildman–Crippen MR) is 82.4 cm³/mol. The van der Waals surface area contributed by atoms with E-state index in [2.05, 4.69) is 9.88 Å². The summed E-state index contributed by atoms with van der Waals surface area (Å²) in [4.78, 5) is -0.130. The van der Waals surface area contributed by atoms with Crippen molar-refractivity contribution in [3.63, 3.8) is 0 Å². The zero-order chi connectivity index (χ0) is 17.4. The van der Waals surface area contributed by atoms with Gasteiger partial charge in [-0.05, 0) is 39.8 Å². The van der Waals surface area contributed by atoms with E-state index in [0.717, 1.165) is 0 Å². The van der Waals surface area contributed by atoms with Crippen LogP contribution in [0.3, 0.4) is 0 Å². The van der Waals surface area contributed by atoms with Gasteiger partial charge in [-0.3, -0.25) is 0 Å². The molecule has 0 aliphatic heterocycles. The number of nitrogens with one attached hydrogen (secondary N) is 1. The zero-order valence-electron chi connectivity index (χ0n) is 13.6. The van der Waals surface area contributed by atoms with Crippen molar-refractivity contribution in [2.24, 2.45) is 0 Å². The van der Waals surface area contributed by atoms with Gasteiger partial charge in [-0.25, -0.2) is 17.5 Å². The van der Waals surface area contributed by atoms with Gasteiger partial charge in [0.2, 0.25) is 10.0 Å². The molecule has 0 amide bonds. The van der Waals surface area contributed by atoms with Crippen molar-refractivity contribution in [2.75, 3.05) is 7.11 Å². The Morgan fingerprint density at radius 1 is 1.30 bits per heavy atom. The van der Waals surface area contributed by atoms with E-state index in [1.165, 1.54) is 26.2 Å². The van der Waals surface area contributed by atoms with Crippen molar-refractivity contribution in [2.45, 2.75) is 38.6 Å². The molecule has 0 unspecified atom stereocenters. The topological polar surface area (TPSA) is 81.4 Å². The molecule has 0 aliphatic carbocycles. The Morgan fingerprint density at radius 2 is 1.96 bits per heavy atom. The lowest BCUT2D eigenvalue weighted by Crippen LogP contribution is -2.28. The Balaban J connectivity index is 2.38. The van der Waals surface area contributed by atoms with Crippen LogP contribution in [0.15, 0.2) is 21.6 Å². The second kappa shape index (κ2) is 6.29. The molecule has 8 heteroatoms. The predicted octanol–water partition coefficient (Wildman–Crippen LogP) is 2.79. The van der Waals surface area contributed by atoms with E-state index in [-0.39, 0.29) is 16.2 Å². The van der Waals surface area contributed by atoms with E-state index >= 15 is 0 Å². The number of hydrogen-bond donors (Lipinski definition) is 1. The summed E-state index contributed by atoms with van der Waals surface area (Å²) >= 11 is 0. The van der Waals surface area contributed by atoms with Gasteiger partial charge in [0.15, 0.2) is 11.6 Å². The molecule has 1 N–H and O–H groups in total. The number of halogens is 1. The van der Waals surface area contributed by atoms with Crippen molar-refractivity contribution in [1.82, 2.24) is 9.88 Å². The fraction of sp³-hybridized carbons (Fsp3) is 0.400. The van der Waals surface area contributed by atoms with Crippen molar-refractivity contribution in [3.8, 4) is 5.75 Å². The maximum Gasteiger partial charge on any atom is 0.241 e. The van der Waals surface area contributed by atoms with Crippen LogP contribution in [0.25, 0.3) is 0 Å². The lowest BCUT2D eigenvalue weighted by molar-refractivity contribution is 0.384. The zero-order valence-corrected chi connectivity index (χ0v) is 14.4. The first kappa shape index (κ1) is 17.4. The van der Waals surface area contributed by atoms with E-state index in [4.69, 9.17) is 9.26 Å². The van der Waals surface area contributed by atoms with E-state index in [1.54, 1.807) is 20.8 Å². The van der Waals surface area contributed by atoms with Crippen molar-refractivity contribution < 1.29 is 22.1 Å². The quantitative estimate of drug-likeness (QED) is 0.903. The van der Waals surface area contributed by atoms with Gasteiger partial charge >= 0.3 is 0 Å². The number of aryl methyl sites for hydroxylation is 2. The number of nitrogens with zero attached hydrogens (tertiary/aromatic N) is 1. The molecule has 1 aromatic heterocycles. The summed E-state index contributed by atoms with van der Waals surface area (Å²) in [7, 11) is -2.59. The van der Waals surface area contributed by atoms with Gasteiger partial charge in [-0.1, -0.05) is 5.16 Å². The average Bonchev–Trinajstić information content (AvgIpc) is 2.80. The maximum absolute atomic E-state index is 14.1. The molecule has 0 spiro atoms. The first-order chi connectivity index (χ1) is 10.7. The first-order valence-corrected chi connectivity index (χ1v) is 8.45. The number of benzene rings is 1. The third-order valence-corrected chi connectivity index (χ3v) is 5.35. The van der Waals surface area contributed by atoms with Gasteiger partial charge in [0.1, 0.15) is 5.76 Å². The van der Waals surface area contributed by atoms with E-state index < -0.39 is 21.9 Å². The molecular formula is C15H19FN2O4S. The Hall–Kier alpha value is -1.93. The highest BCUT2D eigenvalue weighted by atomic mass is 32.2. The lowest BCUT2D eigenvalue weighted by Gasteiger charge is -2.16. The molecule has 0 aliphatic rings. The van der Waals surface area contributed by atoms with E-state index in [0.29, 0.717) is 17.0 Å². The van der Waals surface area contributed by atoms with Crippen LogP contribution in [0.2, 0.25) is 0 Å². The van der Waals surface area contributed by atoms with Gasteiger partial charge in [-0.2, -0.15) is 0 Å². The van der Waals surface area contributed by atoms with Crippen LogP contribution >= 0.6 is 0 Å². The fourth-order valence-electron chi connectivity index (χ4n) is 2.55. The van der Waals surface area contributed by atoms with Crippen LogP contribution in [-0.4, -0.2) is 20.7 Å². The molecule has 0 fully saturated rings. The van der Waals surface area contributed by atoms with Crippen LogP contribution in [0.5, 0.6) is 5.75 Å². The third kappa shape index (κ3) is 3.23. The van der Waals surface area contributed by atoms with Gasteiger partial charge in [-0.15, -0.1) is 0 Å². The molecule has 2 rings (SSSR count). The summed E-state index contributed by atoms with van der Waals surface area (Å²) in [5.74, 6) is -0.157. The molecule has 0 bridgehead atoms. The minimum atomic E-state index is -3.91. The second-order valence-corrected chi connectivity index (χ2v) is 6.97. The SMILES string of the molecule is COc1ccc(S(=O)(=O)N[C@@H](C)c2c(C)noc2C)c(C)c1F. The molecule has 0 saturated carbocycles. The van der Waals surface area contributed by atoms with Gasteiger partial charge in [0.25, 0.3) is 0 Å². The number of aromatic nitrogens is 1. The van der Waals surface area contributed by atoms with Gasteiger partial charge < -0.3 is 9.26 Å². The molecule has 6 nitrogen and oxygen atoms in total. The molecule has 23 heavy (non-hydrogen) atoms. The lowest BCUT2D eigenvalue weighted by atomic mass is 10.1. The summed E-state index contributed by atoms with van der Waals surface area (Å²) in [6.45, 7) is 6.51. The first-order valence-electron chi connectivity index (χ1n) is 6.97. The van der Waals surface area contributed by atoms with Crippen LogP contribution in [0, 0.1) is 26.6 Å². The Kier molecular flexibility index (Phi) is 4.76. The normalized spacial score (nSPS) is 13.1. The molecule has 2 aromatic rings. The molecule has 1 heterocycles. The fourth-order valence-corrected chi connectivity index (χ4v) is 4.00. The van der Waals surface area contributed by atoms with Gasteiger partial charge in [0.05, 0.1) is 17.7 Å². The summed E-state index contributed by atoms with van der Waals surface area (Å²) < 4.78 is 51.6. The number of ether oxygens (including phenoxy) is 1. The standard InChI is InChI=1S/C15H19FN2O4S/c1-8-13(7-6-12(21-5)15(8)16)23(19,20)18-10(3)14-9(2)17-22-11(14)4/h6-7,10,18H,1-5H3/t10-/m0/s1. The summed E-state index contributed by atoms with van der Waals surface area (Å²) in [5, 5.41) is 3.81. The van der Waals surface area contributed by atoms with E-state index in [9.17, 15) is 12.8 Å². The summed E-state index contributed by atoms with van der Waals surface area (Å²) in [6, 6.07) is 2.05. The molecule has 126 valence electrons. The minimum Gasteiger partial charge on any atom is -0.494 e. The molecular weight excluding hydrogens is 323 g/mol. The number of hydrogen-bond acceptors (Lipinski definition) is 5. The maximum atomic E-state index is 14.1. The highest BCUT2D eigenvalue weighted by molar-refractivity contribution is 7.89. The summed E-state index contributed by atoms with van der Waals surface area (Å²) in [5.41, 5.74) is 1.28. The van der Waals surface area contributed by atoms with E-state index in [1.807, 2.05) is 0 Å². The Bertz CT molecular complexity index is 811. The van der Waals surface area contributed by atoms with Crippen molar-refractivity contribution in [1.29, 1.82) is 0 Å². The Labute approximate surface area is 134 Å². The average molecular weight is 342 g/mol. The van der Waals surface area contributed by atoms with Crippen LogP contribution in [0.4, 0.5) is 4.39 Å². The molecule has 0 radical (unpaired) electrons. The smallest absolute Gasteiger partial charge is 0.241 e. The Morgan fingerprint density at radius 3 is 2.48 bits per heavy atom. The van der Waals surface area contributed by atoms with Crippen LogP contribution in [-0.2, 0) is 10.0 Å². The number of sulfonamides is 1. The monoisotopic (exact) mass is 342 g/mol. The highest BCUT2D eigenvalue weighted by Gasteiger charge is 2.26. The highest BCUT2D eigenvalue weighted by Crippen LogP contribution is 2.28. The molecule has 1 atom stereocenters. The molecule has 0 saturated heterocycles. The molecule has 1 aromatic carbocycles. The van der Waals surface area contributed by atoms with Crippen molar-refractivity contribution in [3.05, 3.63) is 40.5 Å². The number of rotatable bonds is 5. The summed E-state index contributed by atoms with van der Waals surface area (Å²) in [6.07, 6.45) is 0. The minimum absolute atomic E-state index is 0.000205. The largest absolute Gasteiger partial charge is 0.494 e. The van der Waals surface area contributed by atoms with Crippen molar-refractivity contribution >= 4 is 10.0 Å². The van der Waals surface area contributed by atoms with Crippen LogP contribution in [0.1, 0.15) is 35.5 Å².